The third kappa shape index (κ3) is 4.51. The summed E-state index contributed by atoms with van der Waals surface area (Å²) in [5.74, 6) is -1.01. The van der Waals surface area contributed by atoms with E-state index in [1.54, 1.807) is 17.5 Å². The molecule has 0 aliphatic heterocycles. The van der Waals surface area contributed by atoms with Gasteiger partial charge in [0.25, 0.3) is 5.91 Å². The van der Waals surface area contributed by atoms with E-state index in [1.807, 2.05) is 49.4 Å². The number of rotatable bonds is 5. The summed E-state index contributed by atoms with van der Waals surface area (Å²) in [5, 5.41) is 5.02. The van der Waals surface area contributed by atoms with Gasteiger partial charge < -0.3 is 10.1 Å². The Kier molecular flexibility index (Phi) is 5.20. The number of esters is 1. The molecule has 3 aromatic rings. The van der Waals surface area contributed by atoms with Crippen LogP contribution in [0.25, 0.3) is 10.6 Å². The molecule has 1 amide bonds. The van der Waals surface area contributed by atoms with E-state index in [1.165, 1.54) is 11.3 Å². The number of anilines is 1. The molecule has 3 rings (SSSR count). The Balaban J connectivity index is 1.57. The quantitative estimate of drug-likeness (QED) is 0.707. The second kappa shape index (κ2) is 7.72. The number of para-hydroxylation sites is 1. The molecule has 0 spiro atoms. The molecule has 0 radical (unpaired) electrons. The van der Waals surface area contributed by atoms with E-state index in [2.05, 4.69) is 10.3 Å². The molecule has 0 unspecified atom stereocenters. The summed E-state index contributed by atoms with van der Waals surface area (Å²) in [7, 11) is 0. The van der Waals surface area contributed by atoms with Gasteiger partial charge in [0.05, 0.1) is 0 Å². The topological polar surface area (TPSA) is 68.3 Å². The molecule has 2 aromatic carbocycles. The van der Waals surface area contributed by atoms with Crippen LogP contribution in [0.2, 0.25) is 0 Å². The van der Waals surface area contributed by atoms with E-state index in [0.717, 1.165) is 16.1 Å². The minimum Gasteiger partial charge on any atom is -0.451 e. The molecule has 25 heavy (non-hydrogen) atoms. The first-order chi connectivity index (χ1) is 12.1. The van der Waals surface area contributed by atoms with Crippen molar-refractivity contribution in [1.29, 1.82) is 0 Å². The van der Waals surface area contributed by atoms with E-state index in [0.29, 0.717) is 5.69 Å². The highest BCUT2D eigenvalue weighted by Crippen LogP contribution is 2.24. The predicted molar refractivity (Wildman–Crippen MR) is 97.6 cm³/mol. The van der Waals surface area contributed by atoms with Crippen LogP contribution in [-0.2, 0) is 9.53 Å². The Bertz CT molecular complexity index is 873. The number of benzene rings is 2. The van der Waals surface area contributed by atoms with E-state index < -0.39 is 11.9 Å². The standard InChI is InChI=1S/C19H16N2O3S/c1-13-7-9-14(10-8-13)18-21-16(12-25-18)19(23)24-11-17(22)20-15-5-3-2-4-6-15/h2-10,12H,11H2,1H3,(H,20,22). The molecular weight excluding hydrogens is 336 g/mol. The van der Waals surface area contributed by atoms with Gasteiger partial charge in [-0.3, -0.25) is 4.79 Å². The number of thiazole rings is 1. The van der Waals surface area contributed by atoms with Crippen LogP contribution >= 0.6 is 11.3 Å². The fourth-order valence-corrected chi connectivity index (χ4v) is 2.92. The number of amides is 1. The lowest BCUT2D eigenvalue weighted by atomic mass is 10.2. The predicted octanol–water partition coefficient (Wildman–Crippen LogP) is 3.91. The zero-order chi connectivity index (χ0) is 17.6. The smallest absolute Gasteiger partial charge is 0.358 e. The van der Waals surface area contributed by atoms with Crippen LogP contribution in [0.4, 0.5) is 5.69 Å². The first kappa shape index (κ1) is 16.9. The van der Waals surface area contributed by atoms with Crippen molar-refractivity contribution in [2.24, 2.45) is 0 Å². The number of nitrogens with zero attached hydrogens (tertiary/aromatic N) is 1. The average molecular weight is 352 g/mol. The van der Waals surface area contributed by atoms with Crippen LogP contribution in [0.3, 0.4) is 0 Å². The summed E-state index contributed by atoms with van der Waals surface area (Å²) < 4.78 is 5.02. The summed E-state index contributed by atoms with van der Waals surface area (Å²) in [6, 6.07) is 16.9. The van der Waals surface area contributed by atoms with Crippen molar-refractivity contribution in [2.45, 2.75) is 6.92 Å². The van der Waals surface area contributed by atoms with Gasteiger partial charge in [-0.05, 0) is 19.1 Å². The molecule has 5 nitrogen and oxygen atoms in total. The molecule has 126 valence electrons. The number of ether oxygens (including phenoxy) is 1. The van der Waals surface area contributed by atoms with Gasteiger partial charge in [-0.15, -0.1) is 11.3 Å². The Morgan fingerprint density at radius 2 is 1.80 bits per heavy atom. The molecule has 0 fully saturated rings. The molecule has 1 N–H and O–H groups in total. The lowest BCUT2D eigenvalue weighted by Gasteiger charge is -2.05. The SMILES string of the molecule is Cc1ccc(-c2nc(C(=O)OCC(=O)Nc3ccccc3)cs2)cc1. The Hall–Kier alpha value is -2.99. The monoisotopic (exact) mass is 352 g/mol. The van der Waals surface area contributed by atoms with Crippen LogP contribution in [0.1, 0.15) is 16.1 Å². The Morgan fingerprint density at radius 3 is 2.52 bits per heavy atom. The van der Waals surface area contributed by atoms with E-state index in [4.69, 9.17) is 4.74 Å². The normalized spacial score (nSPS) is 10.3. The lowest BCUT2D eigenvalue weighted by molar-refractivity contribution is -0.119. The molecule has 0 aliphatic rings. The van der Waals surface area contributed by atoms with Gasteiger partial charge in [-0.2, -0.15) is 0 Å². The molecule has 0 bridgehead atoms. The Morgan fingerprint density at radius 1 is 1.08 bits per heavy atom. The number of aryl methyl sites for hydroxylation is 1. The maximum absolute atomic E-state index is 12.0. The number of nitrogens with one attached hydrogen (secondary N) is 1. The van der Waals surface area contributed by atoms with Gasteiger partial charge in [0.1, 0.15) is 5.01 Å². The lowest BCUT2D eigenvalue weighted by Crippen LogP contribution is -2.21. The third-order valence-electron chi connectivity index (χ3n) is 3.40. The van der Waals surface area contributed by atoms with Gasteiger partial charge in [-0.25, -0.2) is 9.78 Å². The maximum atomic E-state index is 12.0. The van der Waals surface area contributed by atoms with Crippen LogP contribution in [0.15, 0.2) is 60.0 Å². The van der Waals surface area contributed by atoms with Crippen LogP contribution < -0.4 is 5.32 Å². The zero-order valence-electron chi connectivity index (χ0n) is 13.6. The van der Waals surface area contributed by atoms with Gasteiger partial charge in [0.15, 0.2) is 12.3 Å². The molecule has 1 aromatic heterocycles. The van der Waals surface area contributed by atoms with Crippen molar-refractivity contribution < 1.29 is 14.3 Å². The molecular formula is C19H16N2O3S. The summed E-state index contributed by atoms with van der Waals surface area (Å²) in [6.45, 7) is 1.65. The van der Waals surface area contributed by atoms with Crippen LogP contribution in [-0.4, -0.2) is 23.5 Å². The summed E-state index contributed by atoms with van der Waals surface area (Å²) in [4.78, 5) is 28.1. The molecule has 6 heteroatoms. The number of hydrogen-bond donors (Lipinski definition) is 1. The van der Waals surface area contributed by atoms with Crippen molar-refractivity contribution in [3.63, 3.8) is 0 Å². The van der Waals surface area contributed by atoms with Crippen LogP contribution in [0.5, 0.6) is 0 Å². The molecule has 0 saturated carbocycles. The summed E-state index contributed by atoms with van der Waals surface area (Å²) in [5.41, 5.74) is 2.95. The van der Waals surface area contributed by atoms with Gasteiger partial charge in [0, 0.05) is 16.6 Å². The molecule has 0 atom stereocenters. The van der Waals surface area contributed by atoms with Crippen molar-refractivity contribution in [2.75, 3.05) is 11.9 Å². The number of carbonyl (C=O) groups excluding carboxylic acids is 2. The summed E-state index contributed by atoms with van der Waals surface area (Å²) >= 11 is 1.36. The van der Waals surface area contributed by atoms with Crippen molar-refractivity contribution in [3.05, 3.63) is 71.2 Å². The third-order valence-corrected chi connectivity index (χ3v) is 4.30. The highest BCUT2D eigenvalue weighted by Gasteiger charge is 2.15. The minimum atomic E-state index is -0.613. The van der Waals surface area contributed by atoms with E-state index in [9.17, 15) is 9.59 Å². The molecule has 1 heterocycles. The fourth-order valence-electron chi connectivity index (χ4n) is 2.12. The van der Waals surface area contributed by atoms with Crippen LogP contribution in [0, 0.1) is 6.92 Å². The van der Waals surface area contributed by atoms with Gasteiger partial charge in [0.2, 0.25) is 0 Å². The zero-order valence-corrected chi connectivity index (χ0v) is 14.4. The first-order valence-corrected chi connectivity index (χ1v) is 8.54. The molecule has 0 saturated heterocycles. The largest absolute Gasteiger partial charge is 0.451 e. The van der Waals surface area contributed by atoms with Gasteiger partial charge >= 0.3 is 5.97 Å². The van der Waals surface area contributed by atoms with E-state index in [-0.39, 0.29) is 12.3 Å². The average Bonchev–Trinajstić information content (AvgIpc) is 3.11. The first-order valence-electron chi connectivity index (χ1n) is 7.66. The number of carbonyl (C=O) groups is 2. The second-order valence-electron chi connectivity index (χ2n) is 5.39. The van der Waals surface area contributed by atoms with E-state index >= 15 is 0 Å². The van der Waals surface area contributed by atoms with Crippen molar-refractivity contribution in [3.8, 4) is 10.6 Å². The second-order valence-corrected chi connectivity index (χ2v) is 6.25. The van der Waals surface area contributed by atoms with Gasteiger partial charge in [-0.1, -0.05) is 48.0 Å². The minimum absolute atomic E-state index is 0.202. The number of aromatic nitrogens is 1. The summed E-state index contributed by atoms with van der Waals surface area (Å²) in [6.07, 6.45) is 0. The maximum Gasteiger partial charge on any atom is 0.358 e. The van der Waals surface area contributed by atoms with Crippen molar-refractivity contribution in [1.82, 2.24) is 4.98 Å². The highest BCUT2D eigenvalue weighted by molar-refractivity contribution is 7.13. The highest BCUT2D eigenvalue weighted by atomic mass is 32.1. The fraction of sp³-hybridized carbons (Fsp3) is 0.105. The number of hydrogen-bond acceptors (Lipinski definition) is 5. The van der Waals surface area contributed by atoms with Crippen molar-refractivity contribution >= 4 is 28.9 Å². The Labute approximate surface area is 149 Å². The molecule has 0 aliphatic carbocycles.